The number of Topliss-reactive ketones (excluding diaryl/α,β-unsaturated/α-hetero) is 1. The Morgan fingerprint density at radius 1 is 1.14 bits per heavy atom. The first-order valence-corrected chi connectivity index (χ1v) is 7.24. The number of benzene rings is 1. The highest BCUT2D eigenvalue weighted by atomic mass is 16.4. The molecule has 0 fully saturated rings. The van der Waals surface area contributed by atoms with Crippen LogP contribution in [0.25, 0.3) is 0 Å². The summed E-state index contributed by atoms with van der Waals surface area (Å²) in [6, 6.07) is 7.42. The van der Waals surface area contributed by atoms with Gasteiger partial charge in [-0.1, -0.05) is 48.1 Å². The van der Waals surface area contributed by atoms with E-state index in [9.17, 15) is 9.59 Å². The van der Waals surface area contributed by atoms with Crippen molar-refractivity contribution in [3.63, 3.8) is 0 Å². The molecule has 0 heterocycles. The number of ketones is 1. The number of rotatable bonds is 6. The van der Waals surface area contributed by atoms with Gasteiger partial charge in [0.15, 0.2) is 5.78 Å². The molecule has 1 aromatic rings. The van der Waals surface area contributed by atoms with E-state index in [0.29, 0.717) is 5.56 Å². The fraction of sp³-hybridized carbons (Fsp3) is 0.333. The van der Waals surface area contributed by atoms with E-state index in [4.69, 9.17) is 5.11 Å². The number of aryl methyl sites for hydroxylation is 1. The number of carbonyl (C=O) groups excluding carboxylic acids is 1. The summed E-state index contributed by atoms with van der Waals surface area (Å²) in [6.07, 6.45) is 8.19. The molecule has 1 aromatic carbocycles. The summed E-state index contributed by atoms with van der Waals surface area (Å²) in [6.45, 7) is 1.97. The van der Waals surface area contributed by atoms with Crippen molar-refractivity contribution in [1.29, 1.82) is 0 Å². The lowest BCUT2D eigenvalue weighted by atomic mass is 9.86. The van der Waals surface area contributed by atoms with Crippen molar-refractivity contribution in [3.05, 3.63) is 59.2 Å². The van der Waals surface area contributed by atoms with Gasteiger partial charge < -0.3 is 5.11 Å². The minimum atomic E-state index is -0.864. The van der Waals surface area contributed by atoms with Crippen LogP contribution in [0.2, 0.25) is 0 Å². The van der Waals surface area contributed by atoms with Gasteiger partial charge in [0.25, 0.3) is 0 Å². The summed E-state index contributed by atoms with van der Waals surface area (Å²) in [5.74, 6) is -1.11. The van der Waals surface area contributed by atoms with Gasteiger partial charge in [-0.3, -0.25) is 9.59 Å². The quantitative estimate of drug-likeness (QED) is 0.805. The molecular formula is C18H20O3. The molecule has 3 nitrogen and oxygen atoms in total. The summed E-state index contributed by atoms with van der Waals surface area (Å²) < 4.78 is 0. The van der Waals surface area contributed by atoms with Gasteiger partial charge in [-0.05, 0) is 25.3 Å². The fourth-order valence-corrected chi connectivity index (χ4v) is 2.54. The van der Waals surface area contributed by atoms with Crippen molar-refractivity contribution in [3.8, 4) is 0 Å². The van der Waals surface area contributed by atoms with Crippen LogP contribution in [0.15, 0.2) is 48.1 Å². The third-order valence-electron chi connectivity index (χ3n) is 3.72. The molecule has 2 rings (SSSR count). The van der Waals surface area contributed by atoms with Gasteiger partial charge in [0, 0.05) is 17.9 Å². The van der Waals surface area contributed by atoms with E-state index in [1.165, 1.54) is 0 Å². The maximum atomic E-state index is 12.3. The molecule has 0 radical (unpaired) electrons. The molecule has 0 saturated heterocycles. The second-order valence-corrected chi connectivity index (χ2v) is 5.47. The average molecular weight is 284 g/mol. The second-order valence-electron chi connectivity index (χ2n) is 5.47. The Labute approximate surface area is 125 Å². The molecule has 0 aliphatic heterocycles. The van der Waals surface area contributed by atoms with Crippen molar-refractivity contribution in [2.24, 2.45) is 5.92 Å². The van der Waals surface area contributed by atoms with Gasteiger partial charge in [-0.25, -0.2) is 0 Å². The Morgan fingerprint density at radius 2 is 1.86 bits per heavy atom. The summed E-state index contributed by atoms with van der Waals surface area (Å²) in [4.78, 5) is 23.4. The van der Waals surface area contributed by atoms with E-state index in [0.717, 1.165) is 24.0 Å². The highest BCUT2D eigenvalue weighted by Gasteiger charge is 2.21. The number of allylic oxidation sites excluding steroid dienone is 4. The number of carboxylic acids is 1. The zero-order valence-electron chi connectivity index (χ0n) is 12.2. The Balaban J connectivity index is 2.12. The Morgan fingerprint density at radius 3 is 2.43 bits per heavy atom. The number of carbonyl (C=O) groups is 2. The average Bonchev–Trinajstić information content (AvgIpc) is 2.47. The molecule has 0 amide bonds. The zero-order valence-corrected chi connectivity index (χ0v) is 12.2. The SMILES string of the molecule is Cc1ccc(C(=O)CC(CC(=O)O)C2=CCCC=C2)cc1. The normalized spacial score (nSPS) is 15.4. The third kappa shape index (κ3) is 4.42. The van der Waals surface area contributed by atoms with Crippen LogP contribution in [-0.4, -0.2) is 16.9 Å². The van der Waals surface area contributed by atoms with E-state index in [1.807, 2.05) is 31.2 Å². The predicted molar refractivity (Wildman–Crippen MR) is 82.3 cm³/mol. The van der Waals surface area contributed by atoms with Gasteiger partial charge >= 0.3 is 5.97 Å². The summed E-state index contributed by atoms with van der Waals surface area (Å²) in [5.41, 5.74) is 2.73. The Bertz CT molecular complexity index is 579. The molecule has 0 saturated carbocycles. The zero-order chi connectivity index (χ0) is 15.2. The Kier molecular flexibility index (Phi) is 5.09. The largest absolute Gasteiger partial charge is 0.481 e. The topological polar surface area (TPSA) is 54.4 Å². The lowest BCUT2D eigenvalue weighted by Gasteiger charge is -2.18. The maximum Gasteiger partial charge on any atom is 0.303 e. The molecule has 0 bridgehead atoms. The van der Waals surface area contributed by atoms with Crippen molar-refractivity contribution < 1.29 is 14.7 Å². The molecule has 1 atom stereocenters. The minimum Gasteiger partial charge on any atom is -0.481 e. The number of hydrogen-bond acceptors (Lipinski definition) is 2. The van der Waals surface area contributed by atoms with E-state index < -0.39 is 5.97 Å². The van der Waals surface area contributed by atoms with E-state index in [1.54, 1.807) is 12.1 Å². The number of hydrogen-bond donors (Lipinski definition) is 1. The van der Waals surface area contributed by atoms with E-state index in [-0.39, 0.29) is 24.5 Å². The third-order valence-corrected chi connectivity index (χ3v) is 3.72. The van der Waals surface area contributed by atoms with E-state index >= 15 is 0 Å². The standard InChI is InChI=1S/C18H20O3/c1-13-7-9-15(10-8-13)17(19)11-16(12-18(20)21)14-5-3-2-4-6-14/h3,5-10,16H,2,4,11-12H2,1H3,(H,20,21). The molecule has 1 unspecified atom stereocenters. The second kappa shape index (κ2) is 7.02. The van der Waals surface area contributed by atoms with Crippen molar-refractivity contribution in [1.82, 2.24) is 0 Å². The minimum absolute atomic E-state index is 0.00104. The smallest absolute Gasteiger partial charge is 0.303 e. The van der Waals surface area contributed by atoms with Crippen LogP contribution in [0.5, 0.6) is 0 Å². The molecule has 21 heavy (non-hydrogen) atoms. The van der Waals surface area contributed by atoms with Crippen LogP contribution >= 0.6 is 0 Å². The van der Waals surface area contributed by atoms with Crippen LogP contribution in [-0.2, 0) is 4.79 Å². The van der Waals surface area contributed by atoms with Gasteiger partial charge in [0.2, 0.25) is 0 Å². The molecule has 0 aromatic heterocycles. The van der Waals surface area contributed by atoms with Crippen molar-refractivity contribution in [2.75, 3.05) is 0 Å². The molecule has 3 heteroatoms. The lowest BCUT2D eigenvalue weighted by molar-refractivity contribution is -0.137. The Hall–Kier alpha value is -2.16. The molecular weight excluding hydrogens is 264 g/mol. The first-order chi connectivity index (χ1) is 10.1. The first-order valence-electron chi connectivity index (χ1n) is 7.24. The maximum absolute atomic E-state index is 12.3. The molecule has 0 spiro atoms. The van der Waals surface area contributed by atoms with Crippen LogP contribution in [0.3, 0.4) is 0 Å². The van der Waals surface area contributed by atoms with Crippen LogP contribution in [0, 0.1) is 12.8 Å². The van der Waals surface area contributed by atoms with Crippen molar-refractivity contribution in [2.45, 2.75) is 32.6 Å². The van der Waals surface area contributed by atoms with Gasteiger partial charge in [-0.15, -0.1) is 0 Å². The number of carboxylic acid groups (broad SMARTS) is 1. The highest BCUT2D eigenvalue weighted by molar-refractivity contribution is 5.96. The van der Waals surface area contributed by atoms with Crippen LogP contribution in [0.4, 0.5) is 0 Å². The van der Waals surface area contributed by atoms with Crippen LogP contribution < -0.4 is 0 Å². The van der Waals surface area contributed by atoms with Gasteiger partial charge in [0.1, 0.15) is 0 Å². The van der Waals surface area contributed by atoms with Crippen LogP contribution in [0.1, 0.15) is 41.6 Å². The first kappa shape index (κ1) is 15.2. The molecule has 1 N–H and O–H groups in total. The summed E-state index contributed by atoms with van der Waals surface area (Å²) >= 11 is 0. The highest BCUT2D eigenvalue weighted by Crippen LogP contribution is 2.26. The van der Waals surface area contributed by atoms with Crippen molar-refractivity contribution >= 4 is 11.8 Å². The fourth-order valence-electron chi connectivity index (χ4n) is 2.54. The molecule has 110 valence electrons. The predicted octanol–water partition coefficient (Wildman–Crippen LogP) is 3.94. The van der Waals surface area contributed by atoms with E-state index in [2.05, 4.69) is 6.08 Å². The summed E-state index contributed by atoms with van der Waals surface area (Å²) in [7, 11) is 0. The lowest BCUT2D eigenvalue weighted by Crippen LogP contribution is -2.15. The van der Waals surface area contributed by atoms with Gasteiger partial charge in [-0.2, -0.15) is 0 Å². The monoisotopic (exact) mass is 284 g/mol. The molecule has 1 aliphatic rings. The van der Waals surface area contributed by atoms with Gasteiger partial charge in [0.05, 0.1) is 6.42 Å². The summed E-state index contributed by atoms with van der Waals surface area (Å²) in [5, 5.41) is 9.07. The number of aliphatic carboxylic acids is 1. The molecule has 1 aliphatic carbocycles.